The fraction of sp³-hybridized carbons (Fsp3) is 0.647. The number of nitrogens with one attached hydrogen (secondary N) is 1. The lowest BCUT2D eigenvalue weighted by Gasteiger charge is -2.29. The van der Waals surface area contributed by atoms with E-state index >= 15 is 0 Å². The van der Waals surface area contributed by atoms with E-state index in [1.165, 1.54) is 6.42 Å². The molecular weight excluding hydrogens is 308 g/mol. The third-order valence-electron chi connectivity index (χ3n) is 4.73. The first-order valence-electron chi connectivity index (χ1n) is 8.81. The molecule has 24 heavy (non-hydrogen) atoms. The number of hydrogen-bond acceptors (Lipinski definition) is 6. The number of benzene rings is 1. The second kappa shape index (κ2) is 8.30. The molecule has 132 valence electrons. The normalized spacial score (nSPS) is 19.2. The largest absolute Gasteiger partial charge is 0.384 e. The van der Waals surface area contributed by atoms with Gasteiger partial charge in [0.05, 0.1) is 18.1 Å². The van der Waals surface area contributed by atoms with Crippen LogP contribution in [0.4, 0.5) is 17.1 Å². The zero-order valence-corrected chi connectivity index (χ0v) is 14.1. The average Bonchev–Trinajstić information content (AvgIpc) is 2.63. The Morgan fingerprint density at radius 1 is 1.12 bits per heavy atom. The van der Waals surface area contributed by atoms with Crippen molar-refractivity contribution in [2.75, 3.05) is 62.7 Å². The van der Waals surface area contributed by atoms with Gasteiger partial charge >= 0.3 is 0 Å². The maximum atomic E-state index is 11.3. The first-order chi connectivity index (χ1) is 11.7. The second-order valence-corrected chi connectivity index (χ2v) is 6.39. The lowest BCUT2D eigenvalue weighted by Crippen LogP contribution is -2.39. The molecule has 2 heterocycles. The highest BCUT2D eigenvalue weighted by molar-refractivity contribution is 5.70. The molecule has 1 N–H and O–H groups in total. The van der Waals surface area contributed by atoms with E-state index in [1.54, 1.807) is 6.07 Å². The highest BCUT2D eigenvalue weighted by Gasteiger charge is 2.21. The number of rotatable bonds is 6. The minimum absolute atomic E-state index is 0.204. The van der Waals surface area contributed by atoms with Crippen LogP contribution in [0.3, 0.4) is 0 Å². The van der Waals surface area contributed by atoms with Gasteiger partial charge in [0, 0.05) is 51.0 Å². The second-order valence-electron chi connectivity index (χ2n) is 6.39. The number of anilines is 2. The molecule has 1 aromatic rings. The number of morpholine rings is 1. The molecule has 3 rings (SSSR count). The van der Waals surface area contributed by atoms with Crippen LogP contribution in [0.1, 0.15) is 19.3 Å². The van der Waals surface area contributed by atoms with Gasteiger partial charge in [-0.2, -0.15) is 0 Å². The predicted octanol–water partition coefficient (Wildman–Crippen LogP) is 2.33. The Morgan fingerprint density at radius 2 is 1.88 bits per heavy atom. The molecule has 2 saturated heterocycles. The van der Waals surface area contributed by atoms with Gasteiger partial charge in [0.2, 0.25) is 0 Å². The summed E-state index contributed by atoms with van der Waals surface area (Å²) < 4.78 is 5.35. The van der Waals surface area contributed by atoms with E-state index in [-0.39, 0.29) is 10.6 Å². The van der Waals surface area contributed by atoms with Gasteiger partial charge in [-0.15, -0.1) is 0 Å². The van der Waals surface area contributed by atoms with Crippen molar-refractivity contribution in [3.05, 3.63) is 28.3 Å². The lowest BCUT2D eigenvalue weighted by atomic mass is 10.1. The Morgan fingerprint density at radius 3 is 2.58 bits per heavy atom. The van der Waals surface area contributed by atoms with Crippen LogP contribution in [0.2, 0.25) is 0 Å². The van der Waals surface area contributed by atoms with Crippen LogP contribution in [-0.4, -0.2) is 62.3 Å². The molecular formula is C17H26N4O3. The molecule has 7 nitrogen and oxygen atoms in total. The smallest absolute Gasteiger partial charge is 0.292 e. The van der Waals surface area contributed by atoms with Crippen molar-refractivity contribution in [3.8, 4) is 0 Å². The van der Waals surface area contributed by atoms with E-state index in [1.807, 2.05) is 12.1 Å². The Labute approximate surface area is 142 Å². The molecule has 0 spiro atoms. The van der Waals surface area contributed by atoms with Crippen molar-refractivity contribution >= 4 is 17.1 Å². The van der Waals surface area contributed by atoms with Gasteiger partial charge in [0.15, 0.2) is 0 Å². The molecule has 0 amide bonds. The molecule has 0 saturated carbocycles. The van der Waals surface area contributed by atoms with Gasteiger partial charge < -0.3 is 15.0 Å². The fourth-order valence-corrected chi connectivity index (χ4v) is 3.36. The molecule has 0 aromatic heterocycles. The van der Waals surface area contributed by atoms with E-state index in [0.717, 1.165) is 76.7 Å². The highest BCUT2D eigenvalue weighted by Crippen LogP contribution is 2.32. The van der Waals surface area contributed by atoms with E-state index in [2.05, 4.69) is 15.1 Å². The van der Waals surface area contributed by atoms with Gasteiger partial charge in [0.25, 0.3) is 5.69 Å². The average molecular weight is 334 g/mol. The number of nitrogens with zero attached hydrogens (tertiary/aromatic N) is 3. The lowest BCUT2D eigenvalue weighted by molar-refractivity contribution is -0.384. The van der Waals surface area contributed by atoms with Gasteiger partial charge in [-0.25, -0.2) is 0 Å². The molecule has 0 aliphatic carbocycles. The first-order valence-corrected chi connectivity index (χ1v) is 8.81. The summed E-state index contributed by atoms with van der Waals surface area (Å²) in [7, 11) is 0. The minimum atomic E-state index is -0.276. The molecule has 0 atom stereocenters. The summed E-state index contributed by atoms with van der Waals surface area (Å²) in [6.07, 6.45) is 3.42. The SMILES string of the molecule is O=[N+]([O-])c1ccc(NCCN2CCOCC2)cc1N1CCCCC1. The molecule has 0 unspecified atom stereocenters. The van der Waals surface area contributed by atoms with Crippen molar-refractivity contribution in [2.24, 2.45) is 0 Å². The summed E-state index contributed by atoms with van der Waals surface area (Å²) >= 11 is 0. The van der Waals surface area contributed by atoms with E-state index in [4.69, 9.17) is 4.74 Å². The van der Waals surface area contributed by atoms with Crippen molar-refractivity contribution < 1.29 is 9.66 Å². The standard InChI is InChI=1S/C17H26N4O3/c22-21(23)16-5-4-15(14-17(16)20-7-2-1-3-8-20)18-6-9-19-10-12-24-13-11-19/h4-5,14,18H,1-3,6-13H2. The van der Waals surface area contributed by atoms with Crippen LogP contribution in [0.25, 0.3) is 0 Å². The third kappa shape index (κ3) is 4.36. The van der Waals surface area contributed by atoms with Gasteiger partial charge in [-0.1, -0.05) is 0 Å². The van der Waals surface area contributed by atoms with Crippen LogP contribution in [0.15, 0.2) is 18.2 Å². The van der Waals surface area contributed by atoms with Gasteiger partial charge in [0.1, 0.15) is 5.69 Å². The Hall–Kier alpha value is -1.86. The molecule has 7 heteroatoms. The quantitative estimate of drug-likeness (QED) is 0.636. The summed E-state index contributed by atoms with van der Waals surface area (Å²) in [4.78, 5) is 15.6. The maximum absolute atomic E-state index is 11.3. The van der Waals surface area contributed by atoms with Crippen molar-refractivity contribution in [3.63, 3.8) is 0 Å². The Bertz CT molecular complexity index is 555. The van der Waals surface area contributed by atoms with Crippen LogP contribution >= 0.6 is 0 Å². The monoisotopic (exact) mass is 334 g/mol. The Balaban J connectivity index is 1.63. The third-order valence-corrected chi connectivity index (χ3v) is 4.73. The summed E-state index contributed by atoms with van der Waals surface area (Å²) in [5.74, 6) is 0. The van der Waals surface area contributed by atoms with E-state index in [9.17, 15) is 10.1 Å². The molecule has 2 fully saturated rings. The molecule has 0 bridgehead atoms. The van der Waals surface area contributed by atoms with Crippen molar-refractivity contribution in [1.29, 1.82) is 0 Å². The van der Waals surface area contributed by atoms with Gasteiger partial charge in [-0.05, 0) is 31.4 Å². The minimum Gasteiger partial charge on any atom is -0.384 e. The predicted molar refractivity (Wildman–Crippen MR) is 94.9 cm³/mol. The number of piperidine rings is 1. The Kier molecular flexibility index (Phi) is 5.87. The zero-order valence-electron chi connectivity index (χ0n) is 14.1. The number of nitro groups is 1. The van der Waals surface area contributed by atoms with E-state index in [0.29, 0.717) is 0 Å². The number of nitro benzene ring substituents is 1. The molecule has 2 aliphatic rings. The van der Waals surface area contributed by atoms with E-state index < -0.39 is 0 Å². The van der Waals surface area contributed by atoms with Crippen LogP contribution in [0.5, 0.6) is 0 Å². The van der Waals surface area contributed by atoms with Crippen LogP contribution in [-0.2, 0) is 4.74 Å². The van der Waals surface area contributed by atoms with Crippen LogP contribution < -0.4 is 10.2 Å². The fourth-order valence-electron chi connectivity index (χ4n) is 3.36. The summed E-state index contributed by atoms with van der Waals surface area (Å²) in [6.45, 7) is 7.14. The maximum Gasteiger partial charge on any atom is 0.292 e. The zero-order chi connectivity index (χ0) is 16.8. The van der Waals surface area contributed by atoms with Crippen molar-refractivity contribution in [1.82, 2.24) is 4.90 Å². The summed E-state index contributed by atoms with van der Waals surface area (Å²) in [6, 6.07) is 5.37. The topological polar surface area (TPSA) is 70.9 Å². The summed E-state index contributed by atoms with van der Waals surface area (Å²) in [5.41, 5.74) is 1.90. The molecule has 2 aliphatic heterocycles. The highest BCUT2D eigenvalue weighted by atomic mass is 16.6. The number of hydrogen-bond donors (Lipinski definition) is 1. The van der Waals surface area contributed by atoms with Gasteiger partial charge in [-0.3, -0.25) is 15.0 Å². The molecule has 1 aromatic carbocycles. The number of ether oxygens (including phenoxy) is 1. The van der Waals surface area contributed by atoms with Crippen molar-refractivity contribution in [2.45, 2.75) is 19.3 Å². The molecule has 0 radical (unpaired) electrons. The summed E-state index contributed by atoms with van der Waals surface area (Å²) in [5, 5.41) is 14.7. The first kappa shape index (κ1) is 17.0. The van der Waals surface area contributed by atoms with Crippen LogP contribution in [0, 0.1) is 10.1 Å².